The molecule has 2 aromatic rings. The minimum atomic E-state index is 0.431. The average molecular weight is 349 g/mol. The van der Waals surface area contributed by atoms with Crippen molar-refractivity contribution in [3.05, 3.63) is 58.3 Å². The molecule has 0 amide bonds. The number of benzene rings is 1. The summed E-state index contributed by atoms with van der Waals surface area (Å²) in [6, 6.07) is 12.8. The van der Waals surface area contributed by atoms with Crippen molar-refractivity contribution in [2.45, 2.75) is 25.3 Å². The lowest BCUT2D eigenvalue weighted by molar-refractivity contribution is 0.414. The van der Waals surface area contributed by atoms with E-state index in [4.69, 9.17) is 4.74 Å². The van der Waals surface area contributed by atoms with Gasteiger partial charge in [-0.3, -0.25) is 4.98 Å². The van der Waals surface area contributed by atoms with Gasteiger partial charge in [0.25, 0.3) is 0 Å². The Kier molecular flexibility index (Phi) is 6.21. The molecule has 0 saturated carbocycles. The van der Waals surface area contributed by atoms with Crippen LogP contribution in [0.4, 0.5) is 0 Å². The molecule has 1 aromatic carbocycles. The van der Waals surface area contributed by atoms with Gasteiger partial charge in [0.2, 0.25) is 0 Å². The van der Waals surface area contributed by atoms with Crippen molar-refractivity contribution in [1.29, 1.82) is 0 Å². The van der Waals surface area contributed by atoms with Crippen molar-refractivity contribution in [2.24, 2.45) is 0 Å². The van der Waals surface area contributed by atoms with Gasteiger partial charge >= 0.3 is 0 Å². The third-order valence-corrected chi connectivity index (χ3v) is 4.06. The number of ether oxygens (including phenoxy) is 1. The molecule has 1 N–H and O–H groups in total. The van der Waals surface area contributed by atoms with Crippen LogP contribution < -0.4 is 10.1 Å². The highest BCUT2D eigenvalue weighted by Crippen LogP contribution is 2.15. The molecule has 1 aromatic heterocycles. The zero-order chi connectivity index (χ0) is 15.1. The van der Waals surface area contributed by atoms with E-state index < -0.39 is 0 Å². The highest BCUT2D eigenvalue weighted by atomic mass is 79.9. The van der Waals surface area contributed by atoms with E-state index in [1.807, 2.05) is 31.4 Å². The molecule has 1 unspecified atom stereocenters. The van der Waals surface area contributed by atoms with Crippen molar-refractivity contribution in [1.82, 2.24) is 10.3 Å². The predicted molar refractivity (Wildman–Crippen MR) is 89.8 cm³/mol. The molecule has 1 atom stereocenters. The number of halogens is 1. The monoisotopic (exact) mass is 348 g/mol. The Morgan fingerprint density at radius 3 is 2.52 bits per heavy atom. The van der Waals surface area contributed by atoms with Crippen LogP contribution >= 0.6 is 15.9 Å². The third-order valence-electron chi connectivity index (χ3n) is 3.59. The van der Waals surface area contributed by atoms with Crippen LogP contribution in [-0.4, -0.2) is 25.2 Å². The first-order chi connectivity index (χ1) is 10.2. The van der Waals surface area contributed by atoms with Crippen LogP contribution in [0, 0.1) is 0 Å². The molecule has 4 heteroatoms. The molecule has 0 radical (unpaired) electrons. The molecule has 3 nitrogen and oxygen atoms in total. The second-order valence-corrected chi connectivity index (χ2v) is 5.96. The summed E-state index contributed by atoms with van der Waals surface area (Å²) in [6.45, 7) is 0. The highest BCUT2D eigenvalue weighted by Gasteiger charge is 2.08. The number of nitrogens with zero attached hydrogens (tertiary/aromatic N) is 1. The summed E-state index contributed by atoms with van der Waals surface area (Å²) in [6.07, 6.45) is 4.93. The Hall–Kier alpha value is -1.39. The number of likely N-dealkylation sites (N-methyl/N-ethyl adjacent to an activating group) is 1. The molecule has 112 valence electrons. The van der Waals surface area contributed by atoms with Crippen LogP contribution in [0.15, 0.2) is 47.1 Å². The third kappa shape index (κ3) is 5.14. The molecule has 0 fully saturated rings. The van der Waals surface area contributed by atoms with E-state index in [1.165, 1.54) is 5.56 Å². The molecule has 1 heterocycles. The van der Waals surface area contributed by atoms with Gasteiger partial charge in [-0.15, -0.1) is 0 Å². The number of hydrogen-bond acceptors (Lipinski definition) is 3. The summed E-state index contributed by atoms with van der Waals surface area (Å²) in [5, 5.41) is 3.38. The maximum atomic E-state index is 5.18. The van der Waals surface area contributed by atoms with Crippen LogP contribution in [0.3, 0.4) is 0 Å². The zero-order valence-electron chi connectivity index (χ0n) is 12.5. The molecule has 0 saturated heterocycles. The Morgan fingerprint density at radius 2 is 1.95 bits per heavy atom. The summed E-state index contributed by atoms with van der Waals surface area (Å²) >= 11 is 3.41. The molecule has 0 aliphatic carbocycles. The normalized spacial score (nSPS) is 12.1. The molecule has 21 heavy (non-hydrogen) atoms. The minimum absolute atomic E-state index is 0.431. The fraction of sp³-hybridized carbons (Fsp3) is 0.353. The van der Waals surface area contributed by atoms with E-state index in [0.29, 0.717) is 6.04 Å². The van der Waals surface area contributed by atoms with E-state index in [-0.39, 0.29) is 0 Å². The van der Waals surface area contributed by atoms with E-state index in [0.717, 1.165) is 35.2 Å². The molecule has 0 aliphatic rings. The highest BCUT2D eigenvalue weighted by molar-refractivity contribution is 9.10. The first-order valence-electron chi connectivity index (χ1n) is 7.12. The number of nitrogens with one attached hydrogen (secondary N) is 1. The SMILES string of the molecule is CNC(CCc1ccc(OC)cc1)Cc1ccc(Br)cn1. The van der Waals surface area contributed by atoms with E-state index >= 15 is 0 Å². The van der Waals surface area contributed by atoms with Gasteiger partial charge in [0.05, 0.1) is 7.11 Å². The van der Waals surface area contributed by atoms with E-state index in [9.17, 15) is 0 Å². The Balaban J connectivity index is 1.88. The van der Waals surface area contributed by atoms with Crippen LogP contribution in [0.5, 0.6) is 5.75 Å². The Labute approximate surface area is 134 Å². The molecule has 0 aliphatic heterocycles. The van der Waals surface area contributed by atoms with E-state index in [2.05, 4.69) is 44.4 Å². The number of pyridine rings is 1. The smallest absolute Gasteiger partial charge is 0.118 e. The number of hydrogen-bond donors (Lipinski definition) is 1. The molecule has 2 rings (SSSR count). The van der Waals surface area contributed by atoms with Crippen LogP contribution in [0.2, 0.25) is 0 Å². The van der Waals surface area contributed by atoms with Gasteiger partial charge in [-0.2, -0.15) is 0 Å². The summed E-state index contributed by atoms with van der Waals surface area (Å²) < 4.78 is 6.20. The first-order valence-corrected chi connectivity index (χ1v) is 7.91. The van der Waals surface area contributed by atoms with Crippen molar-refractivity contribution in [3.63, 3.8) is 0 Å². The molecular weight excluding hydrogens is 328 g/mol. The summed E-state index contributed by atoms with van der Waals surface area (Å²) in [7, 11) is 3.70. The lowest BCUT2D eigenvalue weighted by Crippen LogP contribution is -2.28. The van der Waals surface area contributed by atoms with Gasteiger partial charge in [0, 0.05) is 28.8 Å². The van der Waals surface area contributed by atoms with Crippen molar-refractivity contribution in [2.75, 3.05) is 14.2 Å². The lowest BCUT2D eigenvalue weighted by atomic mass is 10.0. The molecular formula is C17H21BrN2O. The Morgan fingerprint density at radius 1 is 1.19 bits per heavy atom. The Bertz CT molecular complexity index is 540. The standard InChI is InChI=1S/C17H21BrN2O/c1-19-15(11-16-8-6-14(18)12-20-16)7-3-13-4-9-17(21-2)10-5-13/h4-6,8-10,12,15,19H,3,7,11H2,1-2H3. The average Bonchev–Trinajstić information content (AvgIpc) is 2.53. The minimum Gasteiger partial charge on any atom is -0.497 e. The van der Waals surface area contributed by atoms with Gasteiger partial charge in [-0.25, -0.2) is 0 Å². The quantitative estimate of drug-likeness (QED) is 0.829. The van der Waals surface area contributed by atoms with Gasteiger partial charge in [0.15, 0.2) is 0 Å². The van der Waals surface area contributed by atoms with E-state index in [1.54, 1.807) is 7.11 Å². The number of aromatic nitrogens is 1. The summed E-state index contributed by atoms with van der Waals surface area (Å²) in [5.74, 6) is 0.906. The second kappa shape index (κ2) is 8.15. The van der Waals surface area contributed by atoms with Crippen molar-refractivity contribution < 1.29 is 4.74 Å². The van der Waals surface area contributed by atoms with Crippen LogP contribution in [0.25, 0.3) is 0 Å². The largest absolute Gasteiger partial charge is 0.497 e. The maximum absolute atomic E-state index is 5.18. The van der Waals surface area contributed by atoms with Gasteiger partial charge < -0.3 is 10.1 Å². The van der Waals surface area contributed by atoms with Gasteiger partial charge in [-0.05, 0) is 65.6 Å². The van der Waals surface area contributed by atoms with Gasteiger partial charge in [-0.1, -0.05) is 12.1 Å². The van der Waals surface area contributed by atoms with Crippen LogP contribution in [-0.2, 0) is 12.8 Å². The molecule has 0 bridgehead atoms. The topological polar surface area (TPSA) is 34.1 Å². The fourth-order valence-electron chi connectivity index (χ4n) is 2.26. The number of rotatable bonds is 7. The maximum Gasteiger partial charge on any atom is 0.118 e. The number of methoxy groups -OCH3 is 1. The predicted octanol–water partition coefficient (Wildman–Crippen LogP) is 3.62. The first kappa shape index (κ1) is 16.0. The zero-order valence-corrected chi connectivity index (χ0v) is 14.1. The summed E-state index contributed by atoms with van der Waals surface area (Å²) in [4.78, 5) is 4.44. The van der Waals surface area contributed by atoms with Crippen LogP contribution in [0.1, 0.15) is 17.7 Å². The summed E-state index contributed by atoms with van der Waals surface area (Å²) in [5.41, 5.74) is 2.45. The lowest BCUT2D eigenvalue weighted by Gasteiger charge is -2.16. The van der Waals surface area contributed by atoms with Crippen molar-refractivity contribution in [3.8, 4) is 5.75 Å². The van der Waals surface area contributed by atoms with Gasteiger partial charge in [0.1, 0.15) is 5.75 Å². The fourth-order valence-corrected chi connectivity index (χ4v) is 2.50. The second-order valence-electron chi connectivity index (χ2n) is 5.04. The van der Waals surface area contributed by atoms with Crippen molar-refractivity contribution >= 4 is 15.9 Å². The number of aryl methyl sites for hydroxylation is 1. The molecule has 0 spiro atoms.